The van der Waals surface area contributed by atoms with Crippen molar-refractivity contribution in [1.82, 2.24) is 5.32 Å². The van der Waals surface area contributed by atoms with E-state index in [1.807, 2.05) is 63.5 Å². The van der Waals surface area contributed by atoms with Crippen LogP contribution < -0.4 is 10.1 Å². The summed E-state index contributed by atoms with van der Waals surface area (Å²) >= 11 is 0. The minimum atomic E-state index is 0.829. The Morgan fingerprint density at radius 3 is 2.80 bits per heavy atom. The number of nitrogens with one attached hydrogen (secondary N) is 1. The molecule has 0 bridgehead atoms. The van der Waals surface area contributed by atoms with E-state index in [0.717, 1.165) is 11.5 Å². The molecule has 15 heavy (non-hydrogen) atoms. The monoisotopic (exact) mass is 203 g/mol. The fourth-order valence-corrected chi connectivity index (χ4v) is 1.17. The molecule has 0 aliphatic heterocycles. The fourth-order valence-electron chi connectivity index (χ4n) is 1.17. The lowest BCUT2D eigenvalue weighted by molar-refractivity contribution is 0.442. The standard InChI is InChI=1S/C13H17NO/c1-4-12(8-9-14-3)15-13-7-5-6-11(2)10-13/h4-10,14H,1-3H3/b9-8-,12-4+. The van der Waals surface area contributed by atoms with Crippen LogP contribution in [0.1, 0.15) is 12.5 Å². The zero-order valence-corrected chi connectivity index (χ0v) is 9.45. The Balaban J connectivity index is 2.72. The highest BCUT2D eigenvalue weighted by molar-refractivity contribution is 5.30. The topological polar surface area (TPSA) is 21.3 Å². The zero-order chi connectivity index (χ0) is 11.1. The van der Waals surface area contributed by atoms with Crippen molar-refractivity contribution in [3.63, 3.8) is 0 Å². The first-order valence-corrected chi connectivity index (χ1v) is 5.01. The van der Waals surface area contributed by atoms with Gasteiger partial charge >= 0.3 is 0 Å². The van der Waals surface area contributed by atoms with E-state index < -0.39 is 0 Å². The third kappa shape index (κ3) is 3.90. The van der Waals surface area contributed by atoms with Crippen molar-refractivity contribution in [1.29, 1.82) is 0 Å². The SMILES string of the molecule is C/C=C(\C=C/NC)Oc1cccc(C)c1. The Labute approximate surface area is 91.3 Å². The Morgan fingerprint density at radius 1 is 1.40 bits per heavy atom. The molecule has 0 aliphatic rings. The molecule has 1 aromatic carbocycles. The molecule has 0 amide bonds. The van der Waals surface area contributed by atoms with Crippen molar-refractivity contribution in [3.8, 4) is 5.75 Å². The molecule has 0 radical (unpaired) electrons. The zero-order valence-electron chi connectivity index (χ0n) is 9.45. The van der Waals surface area contributed by atoms with Gasteiger partial charge < -0.3 is 10.1 Å². The van der Waals surface area contributed by atoms with Crippen LogP contribution in [0.5, 0.6) is 5.75 Å². The summed E-state index contributed by atoms with van der Waals surface area (Å²) in [4.78, 5) is 0. The Morgan fingerprint density at radius 2 is 2.20 bits per heavy atom. The summed E-state index contributed by atoms with van der Waals surface area (Å²) in [5.41, 5.74) is 1.19. The second-order valence-electron chi connectivity index (χ2n) is 3.23. The molecule has 0 saturated heterocycles. The molecule has 1 N–H and O–H groups in total. The number of benzene rings is 1. The number of hydrogen-bond acceptors (Lipinski definition) is 2. The van der Waals surface area contributed by atoms with Crippen LogP contribution in [0.2, 0.25) is 0 Å². The van der Waals surface area contributed by atoms with Gasteiger partial charge in [-0.25, -0.2) is 0 Å². The van der Waals surface area contributed by atoms with E-state index in [1.165, 1.54) is 5.56 Å². The largest absolute Gasteiger partial charge is 0.458 e. The molecule has 0 fully saturated rings. The van der Waals surface area contributed by atoms with E-state index >= 15 is 0 Å². The smallest absolute Gasteiger partial charge is 0.127 e. The van der Waals surface area contributed by atoms with Crippen LogP contribution in [-0.4, -0.2) is 7.05 Å². The average Bonchev–Trinajstić information content (AvgIpc) is 2.24. The Kier molecular flexibility index (Phi) is 4.48. The first kappa shape index (κ1) is 11.4. The number of aryl methyl sites for hydroxylation is 1. The maximum atomic E-state index is 5.68. The predicted molar refractivity (Wildman–Crippen MR) is 63.8 cm³/mol. The van der Waals surface area contributed by atoms with E-state index in [0.29, 0.717) is 0 Å². The number of rotatable bonds is 4. The van der Waals surface area contributed by atoms with Crippen LogP contribution in [0.25, 0.3) is 0 Å². The lowest BCUT2D eigenvalue weighted by atomic mass is 10.2. The molecule has 0 spiro atoms. The second-order valence-corrected chi connectivity index (χ2v) is 3.23. The fraction of sp³-hybridized carbons (Fsp3) is 0.231. The molecule has 0 aliphatic carbocycles. The molecule has 80 valence electrons. The molecule has 0 aromatic heterocycles. The number of ether oxygens (including phenoxy) is 1. The van der Waals surface area contributed by atoms with Crippen LogP contribution >= 0.6 is 0 Å². The molecule has 1 rings (SSSR count). The van der Waals surface area contributed by atoms with Gasteiger partial charge in [-0.3, -0.25) is 0 Å². The van der Waals surface area contributed by atoms with Gasteiger partial charge in [0.1, 0.15) is 11.5 Å². The molecule has 0 saturated carbocycles. The average molecular weight is 203 g/mol. The van der Waals surface area contributed by atoms with Crippen LogP contribution in [-0.2, 0) is 0 Å². The van der Waals surface area contributed by atoms with Gasteiger partial charge in [-0.15, -0.1) is 0 Å². The van der Waals surface area contributed by atoms with Crippen molar-refractivity contribution < 1.29 is 4.74 Å². The summed E-state index contributed by atoms with van der Waals surface area (Å²) in [5, 5.41) is 2.93. The van der Waals surface area contributed by atoms with Crippen molar-refractivity contribution in [3.05, 3.63) is 53.9 Å². The molecule has 1 aromatic rings. The van der Waals surface area contributed by atoms with Gasteiger partial charge in [0.05, 0.1) is 0 Å². The van der Waals surface area contributed by atoms with E-state index in [1.54, 1.807) is 0 Å². The number of hydrogen-bond donors (Lipinski definition) is 1. The maximum absolute atomic E-state index is 5.68. The molecule has 0 unspecified atom stereocenters. The highest BCUT2D eigenvalue weighted by atomic mass is 16.5. The number of allylic oxidation sites excluding steroid dienone is 2. The molecular formula is C13H17NO. The van der Waals surface area contributed by atoms with Gasteiger partial charge in [0.2, 0.25) is 0 Å². The highest BCUT2D eigenvalue weighted by Crippen LogP contribution is 2.15. The van der Waals surface area contributed by atoms with Crippen LogP contribution in [0.15, 0.2) is 48.4 Å². The Hall–Kier alpha value is -1.70. The molecule has 0 atom stereocenters. The maximum Gasteiger partial charge on any atom is 0.127 e. The normalized spacial score (nSPS) is 11.8. The quantitative estimate of drug-likeness (QED) is 0.600. The summed E-state index contributed by atoms with van der Waals surface area (Å²) in [6.45, 7) is 4.00. The first-order valence-electron chi connectivity index (χ1n) is 5.01. The van der Waals surface area contributed by atoms with Gasteiger partial charge in [-0.05, 0) is 49.9 Å². The second kappa shape index (κ2) is 5.91. The van der Waals surface area contributed by atoms with E-state index in [9.17, 15) is 0 Å². The van der Waals surface area contributed by atoms with Crippen molar-refractivity contribution in [2.75, 3.05) is 7.05 Å². The highest BCUT2D eigenvalue weighted by Gasteiger charge is 1.95. The summed E-state index contributed by atoms with van der Waals surface area (Å²) in [6, 6.07) is 7.99. The van der Waals surface area contributed by atoms with E-state index in [4.69, 9.17) is 4.74 Å². The summed E-state index contributed by atoms with van der Waals surface area (Å²) in [5.74, 6) is 1.69. The van der Waals surface area contributed by atoms with Gasteiger partial charge in [0, 0.05) is 7.05 Å². The third-order valence-corrected chi connectivity index (χ3v) is 1.92. The van der Waals surface area contributed by atoms with Crippen LogP contribution in [0.3, 0.4) is 0 Å². The molecule has 0 heterocycles. The van der Waals surface area contributed by atoms with Crippen molar-refractivity contribution in [2.24, 2.45) is 0 Å². The molecule has 2 nitrogen and oxygen atoms in total. The third-order valence-electron chi connectivity index (χ3n) is 1.92. The van der Waals surface area contributed by atoms with E-state index in [-0.39, 0.29) is 0 Å². The van der Waals surface area contributed by atoms with Gasteiger partial charge in [-0.2, -0.15) is 0 Å². The Bertz CT molecular complexity index is 367. The molecule has 2 heteroatoms. The van der Waals surface area contributed by atoms with Crippen LogP contribution in [0, 0.1) is 6.92 Å². The minimum absolute atomic E-state index is 0.829. The first-order chi connectivity index (χ1) is 7.26. The van der Waals surface area contributed by atoms with Crippen molar-refractivity contribution in [2.45, 2.75) is 13.8 Å². The van der Waals surface area contributed by atoms with Crippen LogP contribution in [0.4, 0.5) is 0 Å². The minimum Gasteiger partial charge on any atom is -0.458 e. The van der Waals surface area contributed by atoms with Gasteiger partial charge in [0.25, 0.3) is 0 Å². The summed E-state index contributed by atoms with van der Waals surface area (Å²) < 4.78 is 5.68. The summed E-state index contributed by atoms with van der Waals surface area (Å²) in [7, 11) is 1.86. The van der Waals surface area contributed by atoms with Gasteiger partial charge in [-0.1, -0.05) is 12.1 Å². The van der Waals surface area contributed by atoms with E-state index in [2.05, 4.69) is 5.32 Å². The van der Waals surface area contributed by atoms with Gasteiger partial charge in [0.15, 0.2) is 0 Å². The molecular weight excluding hydrogens is 186 g/mol. The predicted octanol–water partition coefficient (Wildman–Crippen LogP) is 3.01. The van der Waals surface area contributed by atoms with Crippen molar-refractivity contribution >= 4 is 0 Å². The lowest BCUT2D eigenvalue weighted by Crippen LogP contribution is -1.96. The summed E-state index contributed by atoms with van der Waals surface area (Å²) in [6.07, 6.45) is 5.66. The lowest BCUT2D eigenvalue weighted by Gasteiger charge is -2.06.